The summed E-state index contributed by atoms with van der Waals surface area (Å²) in [5.41, 5.74) is 0. The summed E-state index contributed by atoms with van der Waals surface area (Å²) in [6.45, 7) is 3.04. The Labute approximate surface area is 144 Å². The highest BCUT2D eigenvalue weighted by atomic mass is 32.2. The molecule has 0 aromatic carbocycles. The molecule has 0 spiro atoms. The molecule has 0 bridgehead atoms. The second-order valence-corrected chi connectivity index (χ2v) is 7.01. The fraction of sp³-hybridized carbons (Fsp3) is 0.500. The van der Waals surface area contributed by atoms with Crippen LogP contribution in [0.15, 0.2) is 21.6 Å². The first-order valence-electron chi connectivity index (χ1n) is 7.21. The monoisotopic (exact) mass is 376 g/mol. The molecule has 0 aliphatic heterocycles. The van der Waals surface area contributed by atoms with Crippen LogP contribution in [-0.4, -0.2) is 46.0 Å². The lowest BCUT2D eigenvalue weighted by atomic mass is 10.0. The number of hydrogen-bond acceptors (Lipinski definition) is 8. The van der Waals surface area contributed by atoms with E-state index in [4.69, 9.17) is 14.3 Å². The maximum Gasteiger partial charge on any atom is 0.374 e. The van der Waals surface area contributed by atoms with Gasteiger partial charge < -0.3 is 19.2 Å². The minimum absolute atomic E-state index is 0.117. The van der Waals surface area contributed by atoms with Gasteiger partial charge in [-0.15, -0.1) is 0 Å². The summed E-state index contributed by atoms with van der Waals surface area (Å²) in [5, 5.41) is 6.64. The predicted octanol–water partition coefficient (Wildman–Crippen LogP) is -0.212. The summed E-state index contributed by atoms with van der Waals surface area (Å²) in [6.07, 6.45) is 0.349. The van der Waals surface area contributed by atoms with Crippen LogP contribution in [0.2, 0.25) is 0 Å². The number of amides is 1. The molecule has 25 heavy (non-hydrogen) atoms. The Bertz CT molecular complexity index is 738. The number of furan rings is 1. The van der Waals surface area contributed by atoms with Crippen molar-refractivity contribution in [2.75, 3.05) is 13.7 Å². The zero-order valence-electron chi connectivity index (χ0n) is 14.0. The molecule has 0 fully saturated rings. The Balaban J connectivity index is 2.61. The van der Waals surface area contributed by atoms with Crippen molar-refractivity contribution >= 4 is 27.9 Å². The summed E-state index contributed by atoms with van der Waals surface area (Å²) in [7, 11) is -2.90. The third-order valence-electron chi connectivity index (χ3n) is 2.93. The van der Waals surface area contributed by atoms with E-state index in [-0.39, 0.29) is 5.92 Å². The van der Waals surface area contributed by atoms with Gasteiger partial charge in [-0.2, -0.15) is 0 Å². The quantitative estimate of drug-likeness (QED) is 0.590. The Morgan fingerprint density at radius 2 is 1.92 bits per heavy atom. The zero-order valence-corrected chi connectivity index (χ0v) is 14.8. The van der Waals surface area contributed by atoms with E-state index in [0.29, 0.717) is 6.42 Å². The molecule has 0 saturated heterocycles. The minimum atomic E-state index is -4.09. The van der Waals surface area contributed by atoms with Crippen LogP contribution in [0.3, 0.4) is 0 Å². The number of methoxy groups -OCH3 is 1. The summed E-state index contributed by atoms with van der Waals surface area (Å²) in [5.74, 6) is -2.70. The standard InChI is InChI=1S/C14H20N2O8S/c1-8(2)6-9(13(18)22-3)16-11(17)7-23-14(19)10-4-5-12(24-10)25(15,20)21/h4-5,8-9H,6-7H2,1-3H3,(H,16,17)(H2,15,20,21). The van der Waals surface area contributed by atoms with Crippen molar-refractivity contribution < 1.29 is 36.7 Å². The van der Waals surface area contributed by atoms with E-state index in [1.807, 2.05) is 13.8 Å². The van der Waals surface area contributed by atoms with Crippen LogP contribution in [-0.2, 0) is 29.1 Å². The highest BCUT2D eigenvalue weighted by molar-refractivity contribution is 7.89. The van der Waals surface area contributed by atoms with Gasteiger partial charge in [0.25, 0.3) is 15.9 Å². The van der Waals surface area contributed by atoms with E-state index < -0.39 is 51.4 Å². The van der Waals surface area contributed by atoms with Gasteiger partial charge in [0.1, 0.15) is 6.04 Å². The highest BCUT2D eigenvalue weighted by Gasteiger charge is 2.24. The molecular formula is C14H20N2O8S. The van der Waals surface area contributed by atoms with Crippen molar-refractivity contribution in [3.05, 3.63) is 17.9 Å². The fourth-order valence-corrected chi connectivity index (χ4v) is 2.31. The van der Waals surface area contributed by atoms with Gasteiger partial charge in [0.05, 0.1) is 7.11 Å². The molecule has 0 aliphatic rings. The van der Waals surface area contributed by atoms with E-state index >= 15 is 0 Å². The number of carbonyl (C=O) groups is 3. The largest absolute Gasteiger partial charge is 0.467 e. The molecule has 1 atom stereocenters. The molecule has 0 radical (unpaired) electrons. The van der Waals surface area contributed by atoms with E-state index in [0.717, 1.165) is 12.1 Å². The summed E-state index contributed by atoms with van der Waals surface area (Å²) >= 11 is 0. The van der Waals surface area contributed by atoms with Crippen molar-refractivity contribution in [3.63, 3.8) is 0 Å². The smallest absolute Gasteiger partial charge is 0.374 e. The molecule has 1 heterocycles. The molecular weight excluding hydrogens is 356 g/mol. The number of nitrogens with one attached hydrogen (secondary N) is 1. The lowest BCUT2D eigenvalue weighted by molar-refractivity contribution is -0.145. The van der Waals surface area contributed by atoms with Crippen LogP contribution >= 0.6 is 0 Å². The summed E-state index contributed by atoms with van der Waals surface area (Å²) in [4.78, 5) is 35.1. The fourth-order valence-electron chi connectivity index (χ4n) is 1.85. The minimum Gasteiger partial charge on any atom is -0.467 e. The van der Waals surface area contributed by atoms with Crippen molar-refractivity contribution in [1.82, 2.24) is 5.32 Å². The van der Waals surface area contributed by atoms with E-state index in [2.05, 4.69) is 10.1 Å². The Morgan fingerprint density at radius 1 is 1.28 bits per heavy atom. The third kappa shape index (κ3) is 6.55. The normalized spacial score (nSPS) is 12.5. The number of esters is 2. The van der Waals surface area contributed by atoms with Gasteiger partial charge in [-0.1, -0.05) is 13.8 Å². The van der Waals surface area contributed by atoms with Crippen molar-refractivity contribution in [2.45, 2.75) is 31.4 Å². The molecule has 0 saturated carbocycles. The Hall–Kier alpha value is -2.40. The first kappa shape index (κ1) is 20.6. The maximum atomic E-state index is 11.8. The predicted molar refractivity (Wildman–Crippen MR) is 83.8 cm³/mol. The number of primary sulfonamides is 1. The van der Waals surface area contributed by atoms with Gasteiger partial charge in [0.15, 0.2) is 6.61 Å². The van der Waals surface area contributed by atoms with Crippen molar-refractivity contribution in [1.29, 1.82) is 0 Å². The topological polar surface area (TPSA) is 155 Å². The van der Waals surface area contributed by atoms with Gasteiger partial charge >= 0.3 is 11.9 Å². The molecule has 140 valence electrons. The molecule has 1 aromatic heterocycles. The summed E-state index contributed by atoms with van der Waals surface area (Å²) < 4.78 is 36.2. The molecule has 11 heteroatoms. The van der Waals surface area contributed by atoms with Crippen LogP contribution < -0.4 is 10.5 Å². The molecule has 10 nitrogen and oxygen atoms in total. The van der Waals surface area contributed by atoms with Gasteiger partial charge in [-0.25, -0.2) is 23.1 Å². The number of hydrogen-bond donors (Lipinski definition) is 2. The zero-order chi connectivity index (χ0) is 19.2. The van der Waals surface area contributed by atoms with Crippen LogP contribution in [0.4, 0.5) is 0 Å². The number of rotatable bonds is 8. The van der Waals surface area contributed by atoms with Crippen molar-refractivity contribution in [2.24, 2.45) is 11.1 Å². The molecule has 1 amide bonds. The van der Waals surface area contributed by atoms with Gasteiger partial charge in [0, 0.05) is 0 Å². The number of sulfonamides is 1. The van der Waals surface area contributed by atoms with Gasteiger partial charge in [-0.05, 0) is 24.5 Å². The van der Waals surface area contributed by atoms with E-state index in [1.165, 1.54) is 7.11 Å². The van der Waals surface area contributed by atoms with Crippen LogP contribution in [0, 0.1) is 5.92 Å². The average Bonchev–Trinajstić information content (AvgIpc) is 3.01. The average molecular weight is 376 g/mol. The van der Waals surface area contributed by atoms with Gasteiger partial charge in [0.2, 0.25) is 10.9 Å². The number of ether oxygens (including phenoxy) is 2. The highest BCUT2D eigenvalue weighted by Crippen LogP contribution is 2.13. The lowest BCUT2D eigenvalue weighted by Crippen LogP contribution is -2.44. The number of nitrogens with two attached hydrogens (primary N) is 1. The first-order chi connectivity index (χ1) is 11.5. The van der Waals surface area contributed by atoms with E-state index in [9.17, 15) is 22.8 Å². The Morgan fingerprint density at radius 3 is 2.40 bits per heavy atom. The third-order valence-corrected chi connectivity index (χ3v) is 3.71. The van der Waals surface area contributed by atoms with Crippen LogP contribution in [0.5, 0.6) is 0 Å². The maximum absolute atomic E-state index is 11.8. The molecule has 1 unspecified atom stereocenters. The SMILES string of the molecule is COC(=O)C(CC(C)C)NC(=O)COC(=O)c1ccc(S(N)(=O)=O)o1. The lowest BCUT2D eigenvalue weighted by Gasteiger charge is -2.18. The summed E-state index contributed by atoms with van der Waals surface area (Å²) in [6, 6.07) is 1.17. The van der Waals surface area contributed by atoms with E-state index in [1.54, 1.807) is 0 Å². The van der Waals surface area contributed by atoms with Crippen LogP contribution in [0.1, 0.15) is 30.8 Å². The Kier molecular flexibility index (Phi) is 7.12. The first-order valence-corrected chi connectivity index (χ1v) is 8.76. The molecule has 0 aliphatic carbocycles. The molecule has 3 N–H and O–H groups in total. The molecule has 1 rings (SSSR count). The second kappa shape index (κ2) is 8.62. The number of carbonyl (C=O) groups excluding carboxylic acids is 3. The van der Waals surface area contributed by atoms with Crippen molar-refractivity contribution in [3.8, 4) is 0 Å². The van der Waals surface area contributed by atoms with Gasteiger partial charge in [-0.3, -0.25) is 4.79 Å². The van der Waals surface area contributed by atoms with Crippen LogP contribution in [0.25, 0.3) is 0 Å². The molecule has 1 aromatic rings. The second-order valence-electron chi connectivity index (χ2n) is 5.51.